The molecule has 2 aliphatic heterocycles. The highest BCUT2D eigenvalue weighted by molar-refractivity contribution is 5.78. The molecule has 1 N–H and O–H groups in total. The minimum absolute atomic E-state index is 0.00320. The minimum atomic E-state index is -0.177. The number of ether oxygens (including phenoxy) is 2. The number of morpholine rings is 1. The first kappa shape index (κ1) is 14.5. The number of hydrogen-bond acceptors (Lipinski definition) is 6. The van der Waals surface area contributed by atoms with E-state index in [-0.39, 0.29) is 24.2 Å². The predicted molar refractivity (Wildman–Crippen MR) is 74.6 cm³/mol. The fourth-order valence-corrected chi connectivity index (χ4v) is 2.94. The van der Waals surface area contributed by atoms with Crippen molar-refractivity contribution in [1.82, 2.24) is 20.1 Å². The number of carbonyl (C=O) groups excluding carboxylic acids is 1. The fraction of sp³-hybridized carbons (Fsp3) is 0.786. The van der Waals surface area contributed by atoms with E-state index in [4.69, 9.17) is 9.47 Å². The van der Waals surface area contributed by atoms with Crippen LogP contribution in [0.15, 0.2) is 0 Å². The zero-order valence-corrected chi connectivity index (χ0v) is 12.5. The number of carbonyl (C=O) groups is 1. The first-order valence-corrected chi connectivity index (χ1v) is 7.64. The summed E-state index contributed by atoms with van der Waals surface area (Å²) in [6, 6.07) is -0.152. The van der Waals surface area contributed by atoms with Crippen LogP contribution >= 0.6 is 0 Å². The smallest absolute Gasteiger partial charge is 0.323 e. The maximum Gasteiger partial charge on any atom is 0.323 e. The molecule has 2 aliphatic rings. The van der Waals surface area contributed by atoms with Gasteiger partial charge in [0.15, 0.2) is 5.82 Å². The van der Waals surface area contributed by atoms with Gasteiger partial charge in [-0.2, -0.15) is 5.10 Å². The summed E-state index contributed by atoms with van der Waals surface area (Å²) in [4.78, 5) is 18.5. The Morgan fingerprint density at radius 3 is 3.05 bits per heavy atom. The van der Waals surface area contributed by atoms with Crippen molar-refractivity contribution in [2.24, 2.45) is 0 Å². The van der Waals surface area contributed by atoms with Crippen LogP contribution in [-0.2, 0) is 20.7 Å². The van der Waals surface area contributed by atoms with E-state index < -0.39 is 0 Å². The number of nitrogens with zero attached hydrogens (tertiary/aromatic N) is 3. The molecule has 0 aromatic carbocycles. The summed E-state index contributed by atoms with van der Waals surface area (Å²) >= 11 is 0. The molecule has 1 aromatic heterocycles. The van der Waals surface area contributed by atoms with Gasteiger partial charge in [-0.15, -0.1) is 0 Å². The SMILES string of the molecule is CCCc1nc([C@@H]2CN([C@H]3C[C@@H](C)OC3=O)CCO2)n[nH]1. The fourth-order valence-electron chi connectivity index (χ4n) is 2.94. The molecule has 0 spiro atoms. The third-order valence-corrected chi connectivity index (χ3v) is 4.01. The van der Waals surface area contributed by atoms with E-state index >= 15 is 0 Å². The maximum atomic E-state index is 11.9. The second-order valence-corrected chi connectivity index (χ2v) is 5.74. The van der Waals surface area contributed by atoms with Gasteiger partial charge in [0.1, 0.15) is 24.1 Å². The Morgan fingerprint density at radius 1 is 1.48 bits per heavy atom. The lowest BCUT2D eigenvalue weighted by Crippen LogP contribution is -2.46. The van der Waals surface area contributed by atoms with Gasteiger partial charge in [0, 0.05) is 25.9 Å². The van der Waals surface area contributed by atoms with Crippen molar-refractivity contribution in [3.05, 3.63) is 11.6 Å². The molecular weight excluding hydrogens is 272 g/mol. The lowest BCUT2D eigenvalue weighted by molar-refractivity contribution is -0.147. The number of hydrogen-bond donors (Lipinski definition) is 1. The monoisotopic (exact) mass is 294 g/mol. The van der Waals surface area contributed by atoms with E-state index in [1.165, 1.54) is 0 Å². The molecule has 2 saturated heterocycles. The van der Waals surface area contributed by atoms with Gasteiger partial charge in [0.05, 0.1) is 6.61 Å². The molecule has 0 saturated carbocycles. The average Bonchev–Trinajstić information content (AvgIpc) is 3.06. The van der Waals surface area contributed by atoms with Gasteiger partial charge in [0.25, 0.3) is 0 Å². The highest BCUT2D eigenvalue weighted by Gasteiger charge is 2.39. The standard InChI is InChI=1S/C14H22N4O3/c1-3-4-12-15-13(17-16-12)11-8-18(5-6-20-11)10-7-9(2)21-14(10)19/h9-11H,3-8H2,1-2H3,(H,15,16,17)/t9-,10+,11+/m1/s1. The third kappa shape index (κ3) is 3.08. The number of esters is 1. The van der Waals surface area contributed by atoms with E-state index in [0.717, 1.165) is 31.6 Å². The Morgan fingerprint density at radius 2 is 2.33 bits per heavy atom. The molecule has 3 heterocycles. The normalized spacial score (nSPS) is 30.6. The second-order valence-electron chi connectivity index (χ2n) is 5.74. The Balaban J connectivity index is 1.66. The highest BCUT2D eigenvalue weighted by Crippen LogP contribution is 2.26. The zero-order valence-electron chi connectivity index (χ0n) is 12.5. The first-order valence-electron chi connectivity index (χ1n) is 7.64. The number of nitrogens with one attached hydrogen (secondary N) is 1. The second kappa shape index (κ2) is 6.11. The number of H-pyrrole nitrogens is 1. The summed E-state index contributed by atoms with van der Waals surface area (Å²) in [7, 11) is 0. The van der Waals surface area contributed by atoms with Crippen molar-refractivity contribution in [1.29, 1.82) is 0 Å². The zero-order chi connectivity index (χ0) is 14.8. The van der Waals surface area contributed by atoms with Crippen molar-refractivity contribution < 1.29 is 14.3 Å². The summed E-state index contributed by atoms with van der Waals surface area (Å²) in [5.74, 6) is 1.45. The molecule has 7 heteroatoms. The topological polar surface area (TPSA) is 80.3 Å². The number of aromatic amines is 1. The van der Waals surface area contributed by atoms with Crippen molar-refractivity contribution in [3.63, 3.8) is 0 Å². The van der Waals surface area contributed by atoms with E-state index in [9.17, 15) is 4.79 Å². The van der Waals surface area contributed by atoms with Crippen LogP contribution in [0.5, 0.6) is 0 Å². The van der Waals surface area contributed by atoms with Crippen molar-refractivity contribution in [2.75, 3.05) is 19.7 Å². The molecule has 1 aromatic rings. The van der Waals surface area contributed by atoms with Crippen LogP contribution in [0, 0.1) is 0 Å². The number of rotatable bonds is 4. The van der Waals surface area contributed by atoms with Gasteiger partial charge >= 0.3 is 5.97 Å². The lowest BCUT2D eigenvalue weighted by atomic mass is 10.1. The molecule has 0 radical (unpaired) electrons. The van der Waals surface area contributed by atoms with E-state index in [2.05, 4.69) is 27.0 Å². The van der Waals surface area contributed by atoms with Gasteiger partial charge in [-0.25, -0.2) is 4.98 Å². The average molecular weight is 294 g/mol. The summed E-state index contributed by atoms with van der Waals surface area (Å²) in [6.45, 7) is 6.00. The number of aromatic nitrogens is 3. The molecule has 7 nitrogen and oxygen atoms in total. The molecule has 0 bridgehead atoms. The minimum Gasteiger partial charge on any atom is -0.461 e. The summed E-state index contributed by atoms with van der Waals surface area (Å²) in [5.41, 5.74) is 0. The Hall–Kier alpha value is -1.47. The predicted octanol–water partition coefficient (Wildman–Crippen LogP) is 0.834. The third-order valence-electron chi connectivity index (χ3n) is 4.01. The van der Waals surface area contributed by atoms with Gasteiger partial charge in [0.2, 0.25) is 0 Å². The van der Waals surface area contributed by atoms with E-state index in [1.807, 2.05) is 6.92 Å². The van der Waals surface area contributed by atoms with E-state index in [1.54, 1.807) is 0 Å². The molecule has 116 valence electrons. The Bertz CT molecular complexity index is 504. The molecule has 21 heavy (non-hydrogen) atoms. The summed E-state index contributed by atoms with van der Waals surface area (Å²) in [6.07, 6.45) is 2.49. The van der Waals surface area contributed by atoms with Gasteiger partial charge in [-0.1, -0.05) is 6.92 Å². The first-order chi connectivity index (χ1) is 10.2. The molecule has 2 fully saturated rings. The van der Waals surface area contributed by atoms with Crippen LogP contribution in [0.25, 0.3) is 0 Å². The largest absolute Gasteiger partial charge is 0.461 e. The molecule has 0 aliphatic carbocycles. The lowest BCUT2D eigenvalue weighted by Gasteiger charge is -2.33. The van der Waals surface area contributed by atoms with Gasteiger partial charge in [-0.3, -0.25) is 14.8 Å². The van der Waals surface area contributed by atoms with E-state index in [0.29, 0.717) is 19.0 Å². The molecule has 0 unspecified atom stereocenters. The Kier molecular flexibility index (Phi) is 4.21. The summed E-state index contributed by atoms with van der Waals surface area (Å²) in [5, 5.41) is 7.20. The molecular formula is C14H22N4O3. The highest BCUT2D eigenvalue weighted by atomic mass is 16.6. The van der Waals surface area contributed by atoms with Crippen LogP contribution in [0.1, 0.15) is 44.4 Å². The molecule has 3 rings (SSSR count). The number of aryl methyl sites for hydroxylation is 1. The van der Waals surface area contributed by atoms with Crippen molar-refractivity contribution in [3.8, 4) is 0 Å². The maximum absolute atomic E-state index is 11.9. The van der Waals surface area contributed by atoms with Gasteiger partial charge in [-0.05, 0) is 13.3 Å². The van der Waals surface area contributed by atoms with Crippen LogP contribution in [0.4, 0.5) is 0 Å². The summed E-state index contributed by atoms with van der Waals surface area (Å²) < 4.78 is 11.0. The van der Waals surface area contributed by atoms with Gasteiger partial charge < -0.3 is 9.47 Å². The quantitative estimate of drug-likeness (QED) is 0.829. The van der Waals surface area contributed by atoms with Crippen molar-refractivity contribution >= 4 is 5.97 Å². The number of cyclic esters (lactones) is 1. The van der Waals surface area contributed by atoms with Crippen LogP contribution in [0.2, 0.25) is 0 Å². The van der Waals surface area contributed by atoms with Crippen LogP contribution in [-0.4, -0.2) is 57.9 Å². The molecule has 3 atom stereocenters. The van der Waals surface area contributed by atoms with Crippen LogP contribution in [0.3, 0.4) is 0 Å². The van der Waals surface area contributed by atoms with Crippen molar-refractivity contribution in [2.45, 2.75) is 51.4 Å². The molecule has 0 amide bonds. The Labute approximate surface area is 124 Å². The van der Waals surface area contributed by atoms with Crippen LogP contribution < -0.4 is 0 Å².